The van der Waals surface area contributed by atoms with E-state index in [1.54, 1.807) is 12.2 Å². The molecule has 180 valence electrons. The number of hydrogen-bond acceptors (Lipinski definition) is 5. The van der Waals surface area contributed by atoms with E-state index in [0.29, 0.717) is 19.4 Å². The van der Waals surface area contributed by atoms with E-state index in [4.69, 9.17) is 4.74 Å². The Labute approximate surface area is 195 Å². The molecule has 0 radical (unpaired) electrons. The summed E-state index contributed by atoms with van der Waals surface area (Å²) in [6.07, 6.45) is 10.2. The number of carbonyl (C=O) groups excluding carboxylic acids is 2. The maximum absolute atomic E-state index is 13.6. The lowest BCUT2D eigenvalue weighted by atomic mass is 9.46. The van der Waals surface area contributed by atoms with Crippen molar-refractivity contribution in [1.82, 2.24) is 0 Å². The number of aliphatic hydroxyl groups excluding tert-OH is 1. The quantitative estimate of drug-likeness (QED) is 0.669. The Hall–Kier alpha value is -1.79. The molecule has 2 N–H and O–H groups in total. The van der Waals surface area contributed by atoms with Gasteiger partial charge in [-0.25, -0.2) is 0 Å². The van der Waals surface area contributed by atoms with Gasteiger partial charge in [-0.1, -0.05) is 25.5 Å². The molecule has 0 aromatic heterocycles. The molecule has 4 aliphatic carbocycles. The number of rotatable bonds is 4. The first-order chi connectivity index (χ1) is 15.6. The first-order valence-corrected chi connectivity index (χ1v) is 12.6. The van der Waals surface area contributed by atoms with Gasteiger partial charge in [0.15, 0.2) is 5.78 Å². The number of aliphatic carboxylic acids is 1. The highest BCUT2D eigenvalue weighted by molar-refractivity contribution is 6.01. The second-order valence-corrected chi connectivity index (χ2v) is 11.6. The van der Waals surface area contributed by atoms with Gasteiger partial charge in [-0.2, -0.15) is 0 Å². The highest BCUT2D eigenvalue weighted by atomic mass is 16.5. The predicted octanol–water partition coefficient (Wildman–Crippen LogP) is 3.72. The van der Waals surface area contributed by atoms with Crippen molar-refractivity contribution >= 4 is 17.5 Å². The van der Waals surface area contributed by atoms with E-state index in [2.05, 4.69) is 13.8 Å². The summed E-state index contributed by atoms with van der Waals surface area (Å²) < 4.78 is 5.80. The highest BCUT2D eigenvalue weighted by Gasteiger charge is 2.66. The van der Waals surface area contributed by atoms with E-state index in [0.717, 1.165) is 37.7 Å². The van der Waals surface area contributed by atoms with Crippen LogP contribution in [0.4, 0.5) is 0 Å². The van der Waals surface area contributed by atoms with Crippen molar-refractivity contribution in [1.29, 1.82) is 0 Å². The number of ether oxygens (including phenoxy) is 1. The lowest BCUT2D eigenvalue weighted by molar-refractivity contribution is -0.152. The van der Waals surface area contributed by atoms with Gasteiger partial charge in [0.25, 0.3) is 0 Å². The van der Waals surface area contributed by atoms with Crippen LogP contribution in [-0.2, 0) is 19.1 Å². The van der Waals surface area contributed by atoms with Crippen LogP contribution in [0.2, 0.25) is 0 Å². The Balaban J connectivity index is 1.47. The number of carboxylic acid groups (broad SMARTS) is 1. The third-order valence-electron chi connectivity index (χ3n) is 9.92. The smallest absolute Gasteiger partial charge is 0.307 e. The third kappa shape index (κ3) is 3.56. The average molecular weight is 457 g/mol. The average Bonchev–Trinajstić information content (AvgIpc) is 3.07. The van der Waals surface area contributed by atoms with Crippen LogP contribution in [0.1, 0.15) is 65.2 Å². The van der Waals surface area contributed by atoms with Crippen molar-refractivity contribution < 1.29 is 29.3 Å². The summed E-state index contributed by atoms with van der Waals surface area (Å²) in [5.41, 5.74) is 0.143. The molecule has 3 saturated carbocycles. The molecule has 0 aromatic rings. The Kier molecular flexibility index (Phi) is 5.68. The van der Waals surface area contributed by atoms with Gasteiger partial charge in [-0.05, 0) is 74.3 Å². The summed E-state index contributed by atoms with van der Waals surface area (Å²) in [6, 6.07) is 0. The minimum absolute atomic E-state index is 0.00142. The number of aliphatic hydroxyl groups is 1. The van der Waals surface area contributed by atoms with Crippen molar-refractivity contribution in [3.8, 4) is 0 Å². The van der Waals surface area contributed by atoms with Crippen molar-refractivity contribution in [2.75, 3.05) is 6.61 Å². The van der Waals surface area contributed by atoms with Crippen LogP contribution in [0.5, 0.6) is 0 Å². The molecule has 4 fully saturated rings. The molecule has 1 saturated heterocycles. The highest BCUT2D eigenvalue weighted by Crippen LogP contribution is 2.67. The fourth-order valence-electron chi connectivity index (χ4n) is 8.53. The van der Waals surface area contributed by atoms with Crippen molar-refractivity contribution in [2.45, 2.75) is 77.4 Å². The molecule has 1 heterocycles. The molecule has 5 rings (SSSR count). The summed E-state index contributed by atoms with van der Waals surface area (Å²) in [7, 11) is 0. The summed E-state index contributed by atoms with van der Waals surface area (Å²) in [5.74, 6) is -2.07. The lowest BCUT2D eigenvalue weighted by Crippen LogP contribution is -2.56. The normalized spacial score (nSPS) is 46.7. The molecule has 0 amide bonds. The van der Waals surface area contributed by atoms with E-state index in [1.165, 1.54) is 0 Å². The van der Waals surface area contributed by atoms with Crippen molar-refractivity contribution in [3.63, 3.8) is 0 Å². The molecule has 6 nitrogen and oxygen atoms in total. The number of Topliss-reactive ketones (excluding diaryl/α,β-unsaturated/α-hetero) is 1. The van der Waals surface area contributed by atoms with Gasteiger partial charge in [0.05, 0.1) is 18.1 Å². The van der Waals surface area contributed by atoms with Crippen LogP contribution in [0.25, 0.3) is 0 Å². The first-order valence-electron chi connectivity index (χ1n) is 12.6. The van der Waals surface area contributed by atoms with Gasteiger partial charge in [0, 0.05) is 30.3 Å². The van der Waals surface area contributed by atoms with Gasteiger partial charge >= 0.3 is 5.97 Å². The molecule has 5 aliphatic rings. The fourth-order valence-corrected chi connectivity index (χ4v) is 8.53. The largest absolute Gasteiger partial charge is 0.481 e. The van der Waals surface area contributed by atoms with Crippen LogP contribution in [0, 0.1) is 40.4 Å². The van der Waals surface area contributed by atoms with Crippen LogP contribution in [0.15, 0.2) is 23.8 Å². The van der Waals surface area contributed by atoms with Crippen LogP contribution in [0.3, 0.4) is 0 Å². The number of ketones is 2. The Morgan fingerprint density at radius 2 is 2.00 bits per heavy atom. The minimum Gasteiger partial charge on any atom is -0.481 e. The topological polar surface area (TPSA) is 101 Å². The van der Waals surface area contributed by atoms with Gasteiger partial charge in [-0.15, -0.1) is 0 Å². The van der Waals surface area contributed by atoms with E-state index < -0.39 is 34.7 Å². The summed E-state index contributed by atoms with van der Waals surface area (Å²) in [6.45, 7) is 4.83. The molecule has 33 heavy (non-hydrogen) atoms. The lowest BCUT2D eigenvalue weighted by Gasteiger charge is -2.58. The molecular weight excluding hydrogens is 420 g/mol. The molecule has 0 spiro atoms. The van der Waals surface area contributed by atoms with E-state index in [-0.39, 0.29) is 41.8 Å². The number of hydrogen-bond donors (Lipinski definition) is 2. The molecule has 6 heteroatoms. The molecule has 9 atom stereocenters. The molecule has 1 unspecified atom stereocenters. The second-order valence-electron chi connectivity index (χ2n) is 11.6. The predicted molar refractivity (Wildman–Crippen MR) is 121 cm³/mol. The molecular formula is C27H36O6. The van der Waals surface area contributed by atoms with Crippen LogP contribution < -0.4 is 0 Å². The van der Waals surface area contributed by atoms with Gasteiger partial charge < -0.3 is 14.9 Å². The summed E-state index contributed by atoms with van der Waals surface area (Å²) >= 11 is 0. The van der Waals surface area contributed by atoms with Crippen molar-refractivity contribution in [2.24, 2.45) is 40.4 Å². The zero-order valence-corrected chi connectivity index (χ0v) is 19.7. The standard InChI is InChI=1S/C27H36O6/c1-26-9-8-16(28)11-15(26)6-7-18-20-13-19(25(31)32)24(27(20,2)14-22(30)23(18)26)21(29)12-17-5-3-4-10-33-17/h8-9,11,17-20,22-24,30H,3-7,10,12-14H2,1-2H3,(H,31,32)/t17?,18-,19+,20-,22-,23+,24+,26-,27-/m0/s1. The monoisotopic (exact) mass is 456 g/mol. The minimum atomic E-state index is -0.898. The van der Waals surface area contributed by atoms with Gasteiger partial charge in [0.1, 0.15) is 5.78 Å². The van der Waals surface area contributed by atoms with E-state index in [9.17, 15) is 24.6 Å². The zero-order chi connectivity index (χ0) is 23.5. The van der Waals surface area contributed by atoms with E-state index >= 15 is 0 Å². The first kappa shape index (κ1) is 23.0. The molecule has 1 aliphatic heterocycles. The number of carbonyl (C=O) groups is 3. The second kappa shape index (κ2) is 8.16. The number of carboxylic acids is 1. The van der Waals surface area contributed by atoms with Gasteiger partial charge in [-0.3, -0.25) is 14.4 Å². The van der Waals surface area contributed by atoms with Crippen LogP contribution >= 0.6 is 0 Å². The summed E-state index contributed by atoms with van der Waals surface area (Å²) in [4.78, 5) is 38.0. The Bertz CT molecular complexity index is 914. The van der Waals surface area contributed by atoms with E-state index in [1.807, 2.05) is 6.08 Å². The fraction of sp³-hybridized carbons (Fsp3) is 0.741. The number of fused-ring (bicyclic) bond motifs is 5. The Morgan fingerprint density at radius 3 is 2.70 bits per heavy atom. The van der Waals surface area contributed by atoms with Crippen LogP contribution in [-0.4, -0.2) is 46.6 Å². The zero-order valence-electron chi connectivity index (χ0n) is 19.7. The Morgan fingerprint density at radius 1 is 1.21 bits per heavy atom. The maximum Gasteiger partial charge on any atom is 0.307 e. The van der Waals surface area contributed by atoms with Gasteiger partial charge in [0.2, 0.25) is 0 Å². The third-order valence-corrected chi connectivity index (χ3v) is 9.92. The number of allylic oxidation sites excluding steroid dienone is 4. The molecule has 0 aromatic carbocycles. The summed E-state index contributed by atoms with van der Waals surface area (Å²) in [5, 5.41) is 21.6. The maximum atomic E-state index is 13.6. The van der Waals surface area contributed by atoms with Crippen molar-refractivity contribution in [3.05, 3.63) is 23.8 Å². The molecule has 0 bridgehead atoms. The SMILES string of the molecule is C[C@]12C[C@H](O)[C@H]3[C@@H](CCC4=CC(=O)C=C[C@@]43C)[C@@H]1C[C@@H](C(=O)O)[C@@H]2C(=O)CC1CCCCO1.